The molecule has 0 bridgehead atoms. The van der Waals surface area contributed by atoms with Gasteiger partial charge in [0.15, 0.2) is 8.32 Å². The van der Waals surface area contributed by atoms with E-state index in [4.69, 9.17) is 4.43 Å². The first-order valence-corrected chi connectivity index (χ1v) is 13.5. The van der Waals surface area contributed by atoms with E-state index in [0.717, 1.165) is 5.56 Å². The van der Waals surface area contributed by atoms with Gasteiger partial charge in [0.2, 0.25) is 0 Å². The van der Waals surface area contributed by atoms with Gasteiger partial charge in [-0.25, -0.2) is 0 Å². The molecule has 0 heterocycles. The molecule has 0 spiro atoms. The summed E-state index contributed by atoms with van der Waals surface area (Å²) in [4.78, 5) is 11.1. The number of nitro groups is 1. The fraction of sp³-hybridized carbons (Fsp3) is 0.727. The highest BCUT2D eigenvalue weighted by Crippen LogP contribution is 2.32. The van der Waals surface area contributed by atoms with E-state index in [1.165, 1.54) is 75.9 Å². The molecule has 1 aromatic carbocycles. The predicted octanol–water partition coefficient (Wildman–Crippen LogP) is 7.63. The summed E-state index contributed by atoms with van der Waals surface area (Å²) in [6.07, 6.45) is 11.1. The number of hydrogen-bond donors (Lipinski definition) is 0. The van der Waals surface area contributed by atoms with Crippen LogP contribution in [0.3, 0.4) is 0 Å². The van der Waals surface area contributed by atoms with Crippen molar-refractivity contribution in [2.24, 2.45) is 0 Å². The van der Waals surface area contributed by atoms with E-state index >= 15 is 0 Å². The van der Waals surface area contributed by atoms with Crippen LogP contribution in [0.2, 0.25) is 18.1 Å². The number of para-hydroxylation sites is 1. The Hall–Kier alpha value is -1.20. The Morgan fingerprint density at radius 1 is 0.852 bits per heavy atom. The first-order chi connectivity index (χ1) is 13.1. The number of benzene rings is 1. The van der Waals surface area contributed by atoms with Crippen molar-refractivity contribution in [1.82, 2.24) is 0 Å². The fourth-order valence-corrected chi connectivity index (χ4v) is 8.05. The molecule has 154 valence electrons. The number of nitrogens with zero attached hydrogens (tertiary/aromatic N) is 1. The number of nitro benzene ring substituents is 1. The monoisotopic (exact) mass is 393 g/mol. The Bertz CT molecular complexity index is 510. The van der Waals surface area contributed by atoms with Gasteiger partial charge in [-0.15, -0.1) is 0 Å². The molecular weight excluding hydrogens is 354 g/mol. The van der Waals surface area contributed by atoms with Crippen molar-refractivity contribution in [3.63, 3.8) is 0 Å². The third-order valence-corrected chi connectivity index (χ3v) is 9.98. The van der Waals surface area contributed by atoms with Crippen molar-refractivity contribution in [2.45, 2.75) is 103 Å². The van der Waals surface area contributed by atoms with Crippen molar-refractivity contribution in [3.8, 4) is 0 Å². The molecule has 0 unspecified atom stereocenters. The van der Waals surface area contributed by atoms with Gasteiger partial charge >= 0.3 is 0 Å². The molecule has 0 fully saturated rings. The Morgan fingerprint density at radius 3 is 1.78 bits per heavy atom. The van der Waals surface area contributed by atoms with Gasteiger partial charge in [0.25, 0.3) is 5.69 Å². The molecule has 0 aromatic heterocycles. The Balaban J connectivity index is 2.92. The van der Waals surface area contributed by atoms with Gasteiger partial charge < -0.3 is 4.43 Å². The zero-order valence-electron chi connectivity index (χ0n) is 17.7. The van der Waals surface area contributed by atoms with Crippen molar-refractivity contribution in [1.29, 1.82) is 0 Å². The van der Waals surface area contributed by atoms with Crippen molar-refractivity contribution < 1.29 is 9.35 Å². The standard InChI is InChI=1S/C22H39NO3Si/c1-4-7-12-17-27(18-13-8-5-2,19-14-9-6-3)26-20-21-15-10-11-16-22(21)23(24)25/h10-11,15-16H,4-9,12-14,17-20H2,1-3H3. The Kier molecular flexibility index (Phi) is 12.3. The highest BCUT2D eigenvalue weighted by atomic mass is 28.4. The van der Waals surface area contributed by atoms with Gasteiger partial charge in [-0.2, -0.15) is 0 Å². The van der Waals surface area contributed by atoms with Crippen molar-refractivity contribution in [3.05, 3.63) is 39.9 Å². The molecule has 1 rings (SSSR count). The van der Waals surface area contributed by atoms with Crippen LogP contribution in [0.15, 0.2) is 24.3 Å². The second kappa shape index (κ2) is 13.9. The molecule has 0 saturated heterocycles. The van der Waals surface area contributed by atoms with Gasteiger partial charge in [-0.3, -0.25) is 10.1 Å². The van der Waals surface area contributed by atoms with E-state index < -0.39 is 8.32 Å². The minimum Gasteiger partial charge on any atom is -0.412 e. The Morgan fingerprint density at radius 2 is 1.33 bits per heavy atom. The average molecular weight is 394 g/mol. The summed E-state index contributed by atoms with van der Waals surface area (Å²) in [6.45, 7) is 7.12. The van der Waals surface area contributed by atoms with Crippen LogP contribution in [-0.2, 0) is 11.0 Å². The first kappa shape index (κ1) is 23.8. The van der Waals surface area contributed by atoms with E-state index in [1.807, 2.05) is 12.1 Å². The molecular formula is C22H39NO3Si. The molecule has 1 aromatic rings. The lowest BCUT2D eigenvalue weighted by molar-refractivity contribution is -0.385. The smallest absolute Gasteiger partial charge is 0.274 e. The normalized spacial score (nSPS) is 11.7. The van der Waals surface area contributed by atoms with Crippen LogP contribution >= 0.6 is 0 Å². The molecule has 4 nitrogen and oxygen atoms in total. The summed E-state index contributed by atoms with van der Waals surface area (Å²) in [5.74, 6) is 0. The highest BCUT2D eigenvalue weighted by Gasteiger charge is 2.34. The van der Waals surface area contributed by atoms with E-state index in [1.54, 1.807) is 12.1 Å². The van der Waals surface area contributed by atoms with Crippen LogP contribution in [0.1, 0.15) is 84.1 Å². The summed E-state index contributed by atoms with van der Waals surface area (Å²) < 4.78 is 6.68. The zero-order valence-corrected chi connectivity index (χ0v) is 18.7. The summed E-state index contributed by atoms with van der Waals surface area (Å²) in [5.41, 5.74) is 0.914. The average Bonchev–Trinajstić information content (AvgIpc) is 2.67. The fourth-order valence-electron chi connectivity index (χ4n) is 3.72. The molecule has 5 heteroatoms. The minimum absolute atomic E-state index is 0.191. The van der Waals surface area contributed by atoms with E-state index in [-0.39, 0.29) is 10.6 Å². The topological polar surface area (TPSA) is 52.4 Å². The second-order valence-electron chi connectivity index (χ2n) is 7.73. The lowest BCUT2D eigenvalue weighted by Gasteiger charge is -2.32. The molecule has 0 N–H and O–H groups in total. The summed E-state index contributed by atoms with van der Waals surface area (Å²) >= 11 is 0. The van der Waals surface area contributed by atoms with Gasteiger partial charge in [-0.1, -0.05) is 90.7 Å². The molecule has 27 heavy (non-hydrogen) atoms. The van der Waals surface area contributed by atoms with Gasteiger partial charge in [0.1, 0.15) is 0 Å². The van der Waals surface area contributed by atoms with Gasteiger partial charge in [0, 0.05) is 6.07 Å². The lowest BCUT2D eigenvalue weighted by Crippen LogP contribution is -2.38. The Labute approximate surface area is 167 Å². The maximum absolute atomic E-state index is 11.3. The molecule has 0 amide bonds. The SMILES string of the molecule is CCCCC[Si](CCCCC)(CCCCC)OCc1ccccc1[N+](=O)[O-]. The largest absolute Gasteiger partial charge is 0.412 e. The zero-order chi connectivity index (χ0) is 20.0. The van der Waals surface area contributed by atoms with Crippen LogP contribution in [-0.4, -0.2) is 13.2 Å². The third-order valence-electron chi connectivity index (χ3n) is 5.43. The van der Waals surface area contributed by atoms with Crippen LogP contribution < -0.4 is 0 Å². The lowest BCUT2D eigenvalue weighted by atomic mass is 10.2. The molecule has 0 radical (unpaired) electrons. The van der Waals surface area contributed by atoms with Crippen molar-refractivity contribution >= 4 is 14.0 Å². The number of rotatable bonds is 16. The molecule has 0 aliphatic carbocycles. The quantitative estimate of drug-likeness (QED) is 0.125. The number of hydrogen-bond acceptors (Lipinski definition) is 3. The molecule has 0 saturated carbocycles. The van der Waals surface area contributed by atoms with Crippen LogP contribution in [0, 0.1) is 10.1 Å². The highest BCUT2D eigenvalue weighted by molar-refractivity contribution is 6.73. The van der Waals surface area contributed by atoms with Crippen LogP contribution in [0.4, 0.5) is 5.69 Å². The first-order valence-electron chi connectivity index (χ1n) is 10.9. The summed E-state index contributed by atoms with van der Waals surface area (Å²) in [7, 11) is -1.87. The summed E-state index contributed by atoms with van der Waals surface area (Å²) in [5, 5.41) is 11.3. The van der Waals surface area contributed by atoms with Gasteiger partial charge in [0.05, 0.1) is 17.1 Å². The van der Waals surface area contributed by atoms with E-state index in [2.05, 4.69) is 20.8 Å². The third kappa shape index (κ3) is 9.02. The summed E-state index contributed by atoms with van der Waals surface area (Å²) in [6, 6.07) is 10.7. The van der Waals surface area contributed by atoms with Crippen LogP contribution in [0.5, 0.6) is 0 Å². The molecule has 0 aliphatic rings. The molecule has 0 aliphatic heterocycles. The predicted molar refractivity (Wildman–Crippen MR) is 117 cm³/mol. The van der Waals surface area contributed by atoms with E-state index in [9.17, 15) is 10.1 Å². The maximum atomic E-state index is 11.3. The second-order valence-corrected chi connectivity index (χ2v) is 11.9. The maximum Gasteiger partial charge on any atom is 0.274 e. The minimum atomic E-state index is -1.87. The van der Waals surface area contributed by atoms with Gasteiger partial charge in [-0.05, 0) is 24.2 Å². The van der Waals surface area contributed by atoms with Crippen molar-refractivity contribution in [2.75, 3.05) is 0 Å². The molecule has 0 atom stereocenters. The number of unbranched alkanes of at least 4 members (excludes halogenated alkanes) is 6. The van der Waals surface area contributed by atoms with E-state index in [0.29, 0.717) is 6.61 Å². The van der Waals surface area contributed by atoms with Crippen LogP contribution in [0.25, 0.3) is 0 Å².